The Bertz CT molecular complexity index is 715. The van der Waals surface area contributed by atoms with Crippen LogP contribution in [0, 0.1) is 0 Å². The number of amides is 1. The number of carbonyl (C=O) groups excluding carboxylic acids is 1. The molecule has 0 saturated carbocycles. The first-order valence-electron chi connectivity index (χ1n) is 6.16. The number of nitrogens with zero attached hydrogens (tertiary/aromatic N) is 1. The van der Waals surface area contributed by atoms with Crippen molar-refractivity contribution in [2.45, 2.75) is 6.54 Å². The van der Waals surface area contributed by atoms with E-state index in [9.17, 15) is 4.79 Å². The number of carbonyl (C=O) groups is 1. The quantitative estimate of drug-likeness (QED) is 0.753. The number of aromatic nitrogens is 1. The molecule has 0 aliphatic rings. The van der Waals surface area contributed by atoms with Crippen molar-refractivity contribution in [2.75, 3.05) is 6.54 Å². The van der Waals surface area contributed by atoms with Gasteiger partial charge in [-0.15, -0.1) is 11.3 Å². The van der Waals surface area contributed by atoms with Gasteiger partial charge in [0.15, 0.2) is 10.8 Å². The predicted octanol–water partition coefficient (Wildman–Crippen LogP) is 2.13. The van der Waals surface area contributed by atoms with E-state index in [-0.39, 0.29) is 12.5 Å². The number of rotatable bonds is 5. The maximum Gasteiger partial charge on any atom is 0.231 e. The lowest BCUT2D eigenvalue weighted by molar-refractivity contribution is -0.117. The lowest BCUT2D eigenvalue weighted by Gasteiger charge is -1.98. The van der Waals surface area contributed by atoms with E-state index in [4.69, 9.17) is 10.2 Å². The summed E-state index contributed by atoms with van der Waals surface area (Å²) in [6.45, 7) is 0.602. The van der Waals surface area contributed by atoms with Crippen LogP contribution in [0.3, 0.4) is 0 Å². The van der Waals surface area contributed by atoms with E-state index < -0.39 is 0 Å². The number of primary amides is 1. The van der Waals surface area contributed by atoms with E-state index in [1.807, 2.05) is 36.4 Å². The highest BCUT2D eigenvalue weighted by atomic mass is 32.1. The third-order valence-electron chi connectivity index (χ3n) is 2.76. The number of hydrogen-bond donors (Lipinski definition) is 2. The van der Waals surface area contributed by atoms with Crippen molar-refractivity contribution in [1.29, 1.82) is 0 Å². The number of hydrogen-bond acceptors (Lipinski definition) is 5. The maximum absolute atomic E-state index is 10.6. The summed E-state index contributed by atoms with van der Waals surface area (Å²) < 4.78 is 6.85. The average Bonchev–Trinajstić information content (AvgIpc) is 3.03. The summed E-state index contributed by atoms with van der Waals surface area (Å²) in [6.07, 6.45) is 0. The summed E-state index contributed by atoms with van der Waals surface area (Å²) in [7, 11) is 0. The lowest BCUT2D eigenvalue weighted by atomic mass is 10.3. The topological polar surface area (TPSA) is 81.2 Å². The van der Waals surface area contributed by atoms with Gasteiger partial charge in [-0.25, -0.2) is 4.98 Å². The van der Waals surface area contributed by atoms with Crippen LogP contribution in [0.25, 0.3) is 21.0 Å². The molecule has 0 bridgehead atoms. The Labute approximate surface area is 119 Å². The van der Waals surface area contributed by atoms with E-state index in [2.05, 4.69) is 10.3 Å². The van der Waals surface area contributed by atoms with Gasteiger partial charge in [0.25, 0.3) is 0 Å². The van der Waals surface area contributed by atoms with Gasteiger partial charge in [-0.1, -0.05) is 12.1 Å². The molecular formula is C14H13N3O2S. The summed E-state index contributed by atoms with van der Waals surface area (Å²) >= 11 is 1.59. The van der Waals surface area contributed by atoms with Crippen molar-refractivity contribution >= 4 is 27.5 Å². The largest absolute Gasteiger partial charge is 0.457 e. The van der Waals surface area contributed by atoms with Crippen molar-refractivity contribution in [3.8, 4) is 10.8 Å². The van der Waals surface area contributed by atoms with E-state index >= 15 is 0 Å². The van der Waals surface area contributed by atoms with Crippen molar-refractivity contribution in [3.63, 3.8) is 0 Å². The van der Waals surface area contributed by atoms with Crippen LogP contribution in [0.4, 0.5) is 0 Å². The van der Waals surface area contributed by atoms with Gasteiger partial charge < -0.3 is 15.5 Å². The number of thiazole rings is 1. The van der Waals surface area contributed by atoms with Crippen LogP contribution in [0.5, 0.6) is 0 Å². The van der Waals surface area contributed by atoms with Gasteiger partial charge in [-0.05, 0) is 24.3 Å². The van der Waals surface area contributed by atoms with Gasteiger partial charge in [0, 0.05) is 0 Å². The number of para-hydroxylation sites is 1. The van der Waals surface area contributed by atoms with Crippen LogP contribution in [-0.2, 0) is 11.3 Å². The third-order valence-corrected chi connectivity index (χ3v) is 3.82. The van der Waals surface area contributed by atoms with Gasteiger partial charge in [0.2, 0.25) is 5.91 Å². The molecule has 20 heavy (non-hydrogen) atoms. The fourth-order valence-electron chi connectivity index (χ4n) is 1.87. The van der Waals surface area contributed by atoms with Gasteiger partial charge in [0.1, 0.15) is 5.76 Å². The Kier molecular flexibility index (Phi) is 3.49. The molecule has 1 amide bonds. The predicted molar refractivity (Wildman–Crippen MR) is 78.2 cm³/mol. The molecule has 1 aromatic carbocycles. The number of fused-ring (bicyclic) bond motifs is 1. The summed E-state index contributed by atoms with van der Waals surface area (Å²) in [5.74, 6) is 1.10. The zero-order valence-electron chi connectivity index (χ0n) is 10.6. The monoisotopic (exact) mass is 287 g/mol. The highest BCUT2D eigenvalue weighted by molar-refractivity contribution is 7.21. The molecule has 6 heteroatoms. The molecule has 0 unspecified atom stereocenters. The van der Waals surface area contributed by atoms with Crippen molar-refractivity contribution in [3.05, 3.63) is 42.2 Å². The van der Waals surface area contributed by atoms with Crippen LogP contribution in [-0.4, -0.2) is 17.4 Å². The highest BCUT2D eigenvalue weighted by Crippen LogP contribution is 2.30. The van der Waals surface area contributed by atoms with Crippen LogP contribution in [0.2, 0.25) is 0 Å². The number of nitrogens with two attached hydrogens (primary N) is 1. The second-order valence-electron chi connectivity index (χ2n) is 4.32. The van der Waals surface area contributed by atoms with Gasteiger partial charge in [-0.2, -0.15) is 0 Å². The van der Waals surface area contributed by atoms with Crippen molar-refractivity contribution in [2.24, 2.45) is 5.73 Å². The minimum absolute atomic E-state index is 0.136. The lowest BCUT2D eigenvalue weighted by Crippen LogP contribution is -2.27. The minimum Gasteiger partial charge on any atom is -0.457 e. The normalized spacial score (nSPS) is 11.0. The molecule has 0 radical (unpaired) electrons. The molecule has 102 valence electrons. The SMILES string of the molecule is NC(=O)CNCc1ccc(-c2nc3ccccc3s2)o1. The Morgan fingerprint density at radius 1 is 1.30 bits per heavy atom. The number of furan rings is 1. The average molecular weight is 287 g/mol. The number of nitrogens with one attached hydrogen (secondary N) is 1. The molecule has 0 aliphatic heterocycles. The van der Waals surface area contributed by atoms with Crippen LogP contribution in [0.1, 0.15) is 5.76 Å². The molecule has 0 atom stereocenters. The van der Waals surface area contributed by atoms with Gasteiger partial charge in [0.05, 0.1) is 23.3 Å². The fraction of sp³-hybridized carbons (Fsp3) is 0.143. The first-order chi connectivity index (χ1) is 9.72. The molecule has 5 nitrogen and oxygen atoms in total. The summed E-state index contributed by atoms with van der Waals surface area (Å²) in [4.78, 5) is 15.2. The summed E-state index contributed by atoms with van der Waals surface area (Å²) in [5.41, 5.74) is 6.03. The molecule has 2 aromatic heterocycles. The van der Waals surface area contributed by atoms with E-state index in [0.29, 0.717) is 6.54 Å². The summed E-state index contributed by atoms with van der Waals surface area (Å²) in [5, 5.41) is 3.76. The Hall–Kier alpha value is -2.18. The Balaban J connectivity index is 1.77. The number of benzene rings is 1. The van der Waals surface area contributed by atoms with E-state index in [1.54, 1.807) is 11.3 Å². The standard InChI is InChI=1S/C14H13N3O2S/c15-13(18)8-16-7-9-5-6-11(19-9)14-17-10-3-1-2-4-12(10)20-14/h1-6,16H,7-8H2,(H2,15,18). The fourth-order valence-corrected chi connectivity index (χ4v) is 2.80. The molecule has 0 saturated heterocycles. The zero-order valence-corrected chi connectivity index (χ0v) is 11.4. The smallest absolute Gasteiger partial charge is 0.231 e. The van der Waals surface area contributed by atoms with E-state index in [0.717, 1.165) is 26.7 Å². The van der Waals surface area contributed by atoms with Gasteiger partial charge in [-0.3, -0.25) is 4.79 Å². The highest BCUT2D eigenvalue weighted by Gasteiger charge is 2.10. The third kappa shape index (κ3) is 2.71. The minimum atomic E-state index is -0.386. The second kappa shape index (κ2) is 5.44. The van der Waals surface area contributed by atoms with Crippen molar-refractivity contribution < 1.29 is 9.21 Å². The first-order valence-corrected chi connectivity index (χ1v) is 6.98. The zero-order chi connectivity index (χ0) is 13.9. The Morgan fingerprint density at radius 3 is 2.95 bits per heavy atom. The molecular weight excluding hydrogens is 274 g/mol. The molecule has 3 aromatic rings. The molecule has 3 rings (SSSR count). The van der Waals surface area contributed by atoms with Crippen LogP contribution >= 0.6 is 11.3 Å². The molecule has 0 aliphatic carbocycles. The second-order valence-corrected chi connectivity index (χ2v) is 5.35. The summed E-state index contributed by atoms with van der Waals surface area (Å²) in [6, 6.07) is 11.7. The van der Waals surface area contributed by atoms with Gasteiger partial charge >= 0.3 is 0 Å². The molecule has 0 fully saturated rings. The molecule has 2 heterocycles. The first kappa shape index (κ1) is 12.8. The van der Waals surface area contributed by atoms with Crippen LogP contribution < -0.4 is 11.1 Å². The molecule has 3 N–H and O–H groups in total. The Morgan fingerprint density at radius 2 is 2.15 bits per heavy atom. The van der Waals surface area contributed by atoms with Crippen molar-refractivity contribution in [1.82, 2.24) is 10.3 Å². The molecule has 0 spiro atoms. The van der Waals surface area contributed by atoms with E-state index in [1.165, 1.54) is 0 Å². The maximum atomic E-state index is 10.6. The van der Waals surface area contributed by atoms with Crippen LogP contribution in [0.15, 0.2) is 40.8 Å².